The zero-order chi connectivity index (χ0) is 16.5. The zero-order valence-electron chi connectivity index (χ0n) is 14.2. The van der Waals surface area contributed by atoms with Crippen LogP contribution in [0.4, 0.5) is 0 Å². The molecule has 1 heterocycles. The van der Waals surface area contributed by atoms with E-state index >= 15 is 0 Å². The number of hydrogen-bond donors (Lipinski definition) is 1. The van der Waals surface area contributed by atoms with Crippen LogP contribution in [0.5, 0.6) is 11.5 Å². The number of unbranched alkanes of at least 4 members (excludes halogenated alkanes) is 1. The molecular weight excluding hydrogens is 290 g/mol. The van der Waals surface area contributed by atoms with Crippen molar-refractivity contribution in [1.29, 1.82) is 5.26 Å². The molecule has 0 radical (unpaired) electrons. The van der Waals surface area contributed by atoms with Gasteiger partial charge in [-0.2, -0.15) is 5.26 Å². The van der Waals surface area contributed by atoms with Gasteiger partial charge in [-0.15, -0.1) is 0 Å². The number of benzene rings is 1. The van der Waals surface area contributed by atoms with Crippen molar-refractivity contribution in [3.63, 3.8) is 0 Å². The lowest BCUT2D eigenvalue weighted by Crippen LogP contribution is -2.44. The van der Waals surface area contributed by atoms with Crippen molar-refractivity contribution < 1.29 is 9.47 Å². The summed E-state index contributed by atoms with van der Waals surface area (Å²) in [5.41, 5.74) is 0.973. The molecule has 126 valence electrons. The molecule has 1 aromatic rings. The Morgan fingerprint density at radius 3 is 2.65 bits per heavy atom. The fourth-order valence-corrected chi connectivity index (χ4v) is 2.72. The fraction of sp³-hybridized carbons (Fsp3) is 0.611. The molecule has 1 unspecified atom stereocenters. The summed E-state index contributed by atoms with van der Waals surface area (Å²) in [7, 11) is 0. The van der Waals surface area contributed by atoms with Crippen molar-refractivity contribution in [2.75, 3.05) is 39.4 Å². The maximum Gasteiger partial charge on any atom is 0.161 e. The van der Waals surface area contributed by atoms with Gasteiger partial charge in [-0.1, -0.05) is 19.4 Å². The minimum absolute atomic E-state index is 0.235. The first kappa shape index (κ1) is 17.6. The molecule has 1 aromatic carbocycles. The zero-order valence-corrected chi connectivity index (χ0v) is 14.2. The molecule has 1 aliphatic heterocycles. The van der Waals surface area contributed by atoms with Crippen LogP contribution in [-0.2, 0) is 0 Å². The Morgan fingerprint density at radius 2 is 2.00 bits per heavy atom. The van der Waals surface area contributed by atoms with Gasteiger partial charge >= 0.3 is 0 Å². The number of nitriles is 1. The van der Waals surface area contributed by atoms with Gasteiger partial charge in [0.15, 0.2) is 11.5 Å². The number of rotatable bonds is 8. The molecule has 0 aromatic heterocycles. The Bertz CT molecular complexity index is 521. The van der Waals surface area contributed by atoms with Gasteiger partial charge in [0.25, 0.3) is 0 Å². The second kappa shape index (κ2) is 9.39. The first-order chi connectivity index (χ1) is 11.3. The average Bonchev–Trinajstić information content (AvgIpc) is 2.59. The van der Waals surface area contributed by atoms with Crippen LogP contribution in [0.2, 0.25) is 0 Å². The van der Waals surface area contributed by atoms with Crippen LogP contribution in [0.3, 0.4) is 0 Å². The highest BCUT2D eigenvalue weighted by atomic mass is 16.5. The van der Waals surface area contributed by atoms with E-state index in [1.807, 2.05) is 25.1 Å². The smallest absolute Gasteiger partial charge is 0.161 e. The molecule has 0 bridgehead atoms. The van der Waals surface area contributed by atoms with E-state index in [2.05, 4.69) is 23.2 Å². The predicted molar refractivity (Wildman–Crippen MR) is 90.8 cm³/mol. The van der Waals surface area contributed by atoms with Gasteiger partial charge in [-0.25, -0.2) is 0 Å². The molecule has 1 saturated heterocycles. The molecule has 1 fully saturated rings. The molecule has 23 heavy (non-hydrogen) atoms. The highest BCUT2D eigenvalue weighted by Gasteiger charge is 2.23. The maximum absolute atomic E-state index is 9.61. The van der Waals surface area contributed by atoms with E-state index in [0.29, 0.717) is 13.2 Å². The second-order valence-corrected chi connectivity index (χ2v) is 5.66. The number of piperazine rings is 1. The van der Waals surface area contributed by atoms with Crippen LogP contribution >= 0.6 is 0 Å². The number of nitrogens with zero attached hydrogens (tertiary/aromatic N) is 2. The van der Waals surface area contributed by atoms with E-state index in [-0.39, 0.29) is 6.04 Å². The SMILES string of the molecule is CCCCOc1ccc(C(C#N)N2CCNCC2)cc1OCC. The number of hydrogen-bond acceptors (Lipinski definition) is 5. The van der Waals surface area contributed by atoms with E-state index in [1.165, 1.54) is 0 Å². The van der Waals surface area contributed by atoms with Crippen molar-refractivity contribution in [3.05, 3.63) is 23.8 Å². The summed E-state index contributed by atoms with van der Waals surface area (Å²) in [5.74, 6) is 1.50. The third kappa shape index (κ3) is 4.85. The van der Waals surface area contributed by atoms with E-state index in [1.54, 1.807) is 0 Å². The fourth-order valence-electron chi connectivity index (χ4n) is 2.72. The van der Waals surface area contributed by atoms with Crippen molar-refractivity contribution in [3.8, 4) is 17.6 Å². The molecular formula is C18H27N3O2. The highest BCUT2D eigenvalue weighted by molar-refractivity contribution is 5.45. The first-order valence-corrected chi connectivity index (χ1v) is 8.54. The molecule has 2 rings (SSSR count). The van der Waals surface area contributed by atoms with Crippen molar-refractivity contribution in [2.45, 2.75) is 32.7 Å². The Balaban J connectivity index is 2.17. The summed E-state index contributed by atoms with van der Waals surface area (Å²) in [6.07, 6.45) is 2.12. The molecule has 1 aliphatic rings. The van der Waals surface area contributed by atoms with Crippen molar-refractivity contribution >= 4 is 0 Å². The normalized spacial score (nSPS) is 16.6. The third-order valence-electron chi connectivity index (χ3n) is 3.98. The standard InChI is InChI=1S/C18H27N3O2/c1-3-5-12-23-17-7-6-15(13-18(17)22-4-2)16(14-19)21-10-8-20-9-11-21/h6-7,13,16,20H,3-5,8-12H2,1-2H3. The van der Waals surface area contributed by atoms with Gasteiger partial charge in [-0.3, -0.25) is 4.90 Å². The second-order valence-electron chi connectivity index (χ2n) is 5.66. The van der Waals surface area contributed by atoms with Crippen molar-refractivity contribution in [1.82, 2.24) is 10.2 Å². The van der Waals surface area contributed by atoms with Crippen LogP contribution in [0, 0.1) is 11.3 Å². The lowest BCUT2D eigenvalue weighted by atomic mass is 10.0. The van der Waals surface area contributed by atoms with E-state index < -0.39 is 0 Å². The van der Waals surface area contributed by atoms with Crippen LogP contribution in [0.1, 0.15) is 38.3 Å². The molecule has 5 heteroatoms. The molecule has 0 aliphatic carbocycles. The van der Waals surface area contributed by atoms with Gasteiger partial charge in [0.2, 0.25) is 0 Å². The molecule has 1 N–H and O–H groups in total. The summed E-state index contributed by atoms with van der Waals surface area (Å²) < 4.78 is 11.5. The van der Waals surface area contributed by atoms with Crippen LogP contribution in [0.15, 0.2) is 18.2 Å². The highest BCUT2D eigenvalue weighted by Crippen LogP contribution is 2.32. The monoisotopic (exact) mass is 317 g/mol. The Morgan fingerprint density at radius 1 is 1.22 bits per heavy atom. The topological polar surface area (TPSA) is 57.5 Å². The maximum atomic E-state index is 9.61. The lowest BCUT2D eigenvalue weighted by Gasteiger charge is -2.31. The number of nitrogens with one attached hydrogen (secondary N) is 1. The molecule has 1 atom stereocenters. The van der Waals surface area contributed by atoms with Crippen molar-refractivity contribution in [2.24, 2.45) is 0 Å². The summed E-state index contributed by atoms with van der Waals surface area (Å²) >= 11 is 0. The number of ether oxygens (including phenoxy) is 2. The summed E-state index contributed by atoms with van der Waals surface area (Å²) in [5, 5.41) is 12.9. The van der Waals surface area contributed by atoms with Gasteiger partial charge in [-0.05, 0) is 31.0 Å². The largest absolute Gasteiger partial charge is 0.490 e. The minimum Gasteiger partial charge on any atom is -0.490 e. The first-order valence-electron chi connectivity index (χ1n) is 8.54. The molecule has 0 amide bonds. The van der Waals surface area contributed by atoms with Gasteiger partial charge in [0.05, 0.1) is 19.3 Å². The van der Waals surface area contributed by atoms with Gasteiger partial charge < -0.3 is 14.8 Å². The van der Waals surface area contributed by atoms with E-state index in [4.69, 9.17) is 9.47 Å². The molecule has 0 spiro atoms. The van der Waals surface area contributed by atoms with E-state index in [0.717, 1.165) is 56.1 Å². The third-order valence-corrected chi connectivity index (χ3v) is 3.98. The molecule has 5 nitrogen and oxygen atoms in total. The van der Waals surface area contributed by atoms with Crippen LogP contribution < -0.4 is 14.8 Å². The summed E-state index contributed by atoms with van der Waals surface area (Å²) in [6.45, 7) is 8.99. The Labute approximate surface area is 139 Å². The summed E-state index contributed by atoms with van der Waals surface area (Å²) in [4.78, 5) is 2.21. The van der Waals surface area contributed by atoms with E-state index in [9.17, 15) is 5.26 Å². The summed E-state index contributed by atoms with van der Waals surface area (Å²) in [6, 6.07) is 8.07. The Hall–Kier alpha value is -1.77. The quantitative estimate of drug-likeness (QED) is 0.747. The van der Waals surface area contributed by atoms with Gasteiger partial charge in [0, 0.05) is 26.2 Å². The van der Waals surface area contributed by atoms with Gasteiger partial charge in [0.1, 0.15) is 6.04 Å². The Kier molecular flexibility index (Phi) is 7.18. The minimum atomic E-state index is -0.235. The lowest BCUT2D eigenvalue weighted by molar-refractivity contribution is 0.206. The predicted octanol–water partition coefficient (Wildman–Crippen LogP) is 2.73. The average molecular weight is 317 g/mol. The van der Waals surface area contributed by atoms with Crippen LogP contribution in [-0.4, -0.2) is 44.3 Å². The van der Waals surface area contributed by atoms with Crippen LogP contribution in [0.25, 0.3) is 0 Å². The molecule has 0 saturated carbocycles.